The molecule has 1 radical (unpaired) electrons. The topological polar surface area (TPSA) is 9.23 Å². The van der Waals surface area contributed by atoms with Crippen LogP contribution in [0.4, 0.5) is 0 Å². The molecule has 0 amide bonds. The molecule has 0 aromatic rings. The summed E-state index contributed by atoms with van der Waals surface area (Å²) in [5.74, 6) is 3.17. The fourth-order valence-corrected chi connectivity index (χ4v) is 5.86. The Morgan fingerprint density at radius 2 is 1.35 bits per heavy atom. The van der Waals surface area contributed by atoms with Crippen LogP contribution < -0.4 is 0 Å². The lowest BCUT2D eigenvalue weighted by Crippen LogP contribution is -2.28. The number of rotatable bonds is 5. The van der Waals surface area contributed by atoms with Crippen molar-refractivity contribution in [2.45, 2.75) is 70.3 Å². The monoisotopic (exact) mass is 269 g/mol. The minimum atomic E-state index is 0.326. The Morgan fingerprint density at radius 3 is 1.76 bits per heavy atom. The van der Waals surface area contributed by atoms with Crippen molar-refractivity contribution in [3.05, 3.63) is 0 Å². The summed E-state index contributed by atoms with van der Waals surface area (Å²) < 4.78 is 5.58. The molecule has 2 rings (SSSR count). The first-order valence-electron chi connectivity index (χ1n) is 7.76. The van der Waals surface area contributed by atoms with Crippen LogP contribution in [0.5, 0.6) is 0 Å². The average Bonchev–Trinajstić information content (AvgIpc) is 2.42. The van der Waals surface area contributed by atoms with Crippen LogP contribution in [0.25, 0.3) is 0 Å². The van der Waals surface area contributed by atoms with Crippen LogP contribution in [-0.2, 0) is 4.12 Å². The normalized spacial score (nSPS) is 24.5. The lowest BCUT2D eigenvalue weighted by Gasteiger charge is -2.37. The maximum Gasteiger partial charge on any atom is 0.177 e. The van der Waals surface area contributed by atoms with Gasteiger partial charge in [0.05, 0.1) is 0 Å². The third-order valence-corrected chi connectivity index (χ3v) is 7.12. The van der Waals surface area contributed by atoms with Gasteiger partial charge in [-0.25, -0.2) is 0 Å². The van der Waals surface area contributed by atoms with E-state index in [0.717, 1.165) is 28.2 Å². The van der Waals surface area contributed by atoms with Crippen LogP contribution >= 0.6 is 0 Å². The predicted molar refractivity (Wildman–Crippen MR) is 79.6 cm³/mol. The molecule has 0 spiro atoms. The zero-order valence-corrected chi connectivity index (χ0v) is 14.7. The van der Waals surface area contributed by atoms with Gasteiger partial charge in [0.2, 0.25) is 0 Å². The predicted octanol–water partition coefficient (Wildman–Crippen LogP) is 2.83. The average molecular weight is 270 g/mol. The van der Waals surface area contributed by atoms with Gasteiger partial charge in [0.15, 0.2) is 9.76 Å². The zero-order chi connectivity index (χ0) is 11.9. The summed E-state index contributed by atoms with van der Waals surface area (Å²) in [5, 5.41) is 0. The van der Waals surface area contributed by atoms with E-state index in [2.05, 4.69) is 0 Å². The Bertz CT molecular complexity index is 180. The molecule has 0 aromatic carbocycles. The summed E-state index contributed by atoms with van der Waals surface area (Å²) in [7, 11) is 1.28. The van der Waals surface area contributed by atoms with Crippen molar-refractivity contribution in [2.75, 3.05) is 0 Å². The van der Waals surface area contributed by atoms with Gasteiger partial charge in [-0.1, -0.05) is 64.2 Å². The van der Waals surface area contributed by atoms with E-state index in [4.69, 9.17) is 4.12 Å². The van der Waals surface area contributed by atoms with Crippen LogP contribution in [0.2, 0.25) is 6.04 Å². The molecule has 17 heavy (non-hydrogen) atoms. The first-order valence-corrected chi connectivity index (χ1v) is 9.86. The van der Waals surface area contributed by atoms with Crippen LogP contribution in [0.15, 0.2) is 0 Å². The molecule has 0 saturated heterocycles. The molecule has 0 aliphatic heterocycles. The van der Waals surface area contributed by atoms with Gasteiger partial charge in [-0.05, 0) is 23.8 Å². The van der Waals surface area contributed by atoms with Crippen molar-refractivity contribution in [3.63, 3.8) is 0 Å². The van der Waals surface area contributed by atoms with Gasteiger partial charge in [-0.15, -0.1) is 0 Å². The molecule has 2 aliphatic carbocycles. The highest BCUT2D eigenvalue weighted by Gasteiger charge is 2.30. The van der Waals surface area contributed by atoms with E-state index >= 15 is 0 Å². The number of hydrogen-bond acceptors (Lipinski definition) is 1. The highest BCUT2D eigenvalue weighted by molar-refractivity contribution is 6.34. The SMILES string of the molecule is [SiH3]O[SiH]CC(C1CCCCC1)C1CCCCC1. The molecule has 2 saturated carbocycles. The van der Waals surface area contributed by atoms with Crippen molar-refractivity contribution in [2.24, 2.45) is 17.8 Å². The van der Waals surface area contributed by atoms with E-state index < -0.39 is 0 Å². The van der Waals surface area contributed by atoms with E-state index in [1.54, 1.807) is 0 Å². The first kappa shape index (κ1) is 13.8. The van der Waals surface area contributed by atoms with E-state index in [1.807, 2.05) is 0 Å². The molecule has 0 bridgehead atoms. The first-order chi connectivity index (χ1) is 8.42. The quantitative estimate of drug-likeness (QED) is 0.698. The summed E-state index contributed by atoms with van der Waals surface area (Å²) in [6.45, 7) is 0. The summed E-state index contributed by atoms with van der Waals surface area (Å²) in [5.41, 5.74) is 0. The second-order valence-corrected chi connectivity index (χ2v) is 8.79. The van der Waals surface area contributed by atoms with Crippen LogP contribution in [0.1, 0.15) is 64.2 Å². The molecule has 2 fully saturated rings. The van der Waals surface area contributed by atoms with Crippen LogP contribution in [-0.4, -0.2) is 20.2 Å². The van der Waals surface area contributed by atoms with E-state index in [0.29, 0.717) is 9.76 Å². The molecule has 0 aromatic heterocycles. The van der Waals surface area contributed by atoms with Crippen molar-refractivity contribution < 1.29 is 4.12 Å². The lowest BCUT2D eigenvalue weighted by atomic mass is 9.70. The van der Waals surface area contributed by atoms with Crippen molar-refractivity contribution in [3.8, 4) is 0 Å². The number of hydrogen-bond donors (Lipinski definition) is 0. The van der Waals surface area contributed by atoms with Crippen molar-refractivity contribution >= 4 is 20.2 Å². The molecule has 0 N–H and O–H groups in total. The van der Waals surface area contributed by atoms with Gasteiger partial charge in [0, 0.05) is 0 Å². The summed E-state index contributed by atoms with van der Waals surface area (Å²) in [6, 6.07) is 1.44. The van der Waals surface area contributed by atoms with E-state index in [9.17, 15) is 0 Å². The second kappa shape index (κ2) is 7.75. The molecule has 99 valence electrons. The van der Waals surface area contributed by atoms with Gasteiger partial charge in [-0.2, -0.15) is 0 Å². The highest BCUT2D eigenvalue weighted by atomic mass is 28.3. The van der Waals surface area contributed by atoms with Crippen LogP contribution in [0, 0.1) is 17.8 Å². The standard InChI is InChI=1S/C14H29OSi2/c16-15-17-11-14(12-7-3-1-4-8-12)13-9-5-2-6-10-13/h12-14,17H,1-11H2,16H3. The van der Waals surface area contributed by atoms with E-state index in [1.165, 1.54) is 70.3 Å². The minimum absolute atomic E-state index is 0.326. The van der Waals surface area contributed by atoms with Gasteiger partial charge in [0.1, 0.15) is 10.5 Å². The fraction of sp³-hybridized carbons (Fsp3) is 1.00. The molecule has 3 heteroatoms. The third-order valence-electron chi connectivity index (χ3n) is 5.05. The minimum Gasteiger partial charge on any atom is -0.466 e. The third kappa shape index (κ3) is 4.21. The maximum atomic E-state index is 5.58. The van der Waals surface area contributed by atoms with Crippen molar-refractivity contribution in [1.29, 1.82) is 0 Å². The smallest absolute Gasteiger partial charge is 0.177 e. The fourth-order valence-electron chi connectivity index (χ4n) is 4.10. The Balaban J connectivity index is 1.90. The van der Waals surface area contributed by atoms with Gasteiger partial charge < -0.3 is 4.12 Å². The summed E-state index contributed by atoms with van der Waals surface area (Å²) in [6.07, 6.45) is 15.1. The highest BCUT2D eigenvalue weighted by Crippen LogP contribution is 2.41. The Kier molecular flexibility index (Phi) is 6.30. The molecule has 0 unspecified atom stereocenters. The lowest BCUT2D eigenvalue weighted by molar-refractivity contribution is 0.157. The Hall–Kier alpha value is 0.394. The molecular formula is C14H29OSi2. The Morgan fingerprint density at radius 1 is 0.882 bits per heavy atom. The van der Waals surface area contributed by atoms with Crippen molar-refractivity contribution in [1.82, 2.24) is 0 Å². The van der Waals surface area contributed by atoms with Gasteiger partial charge >= 0.3 is 0 Å². The van der Waals surface area contributed by atoms with Gasteiger partial charge in [-0.3, -0.25) is 0 Å². The second-order valence-electron chi connectivity index (χ2n) is 6.10. The maximum absolute atomic E-state index is 5.58. The zero-order valence-electron chi connectivity index (χ0n) is 11.5. The van der Waals surface area contributed by atoms with Gasteiger partial charge in [0.25, 0.3) is 0 Å². The van der Waals surface area contributed by atoms with E-state index in [-0.39, 0.29) is 0 Å². The summed E-state index contributed by atoms with van der Waals surface area (Å²) in [4.78, 5) is 0. The molecule has 1 nitrogen and oxygen atoms in total. The molecule has 0 atom stereocenters. The van der Waals surface area contributed by atoms with Crippen LogP contribution in [0.3, 0.4) is 0 Å². The Labute approximate surface area is 113 Å². The molecular weight excluding hydrogens is 240 g/mol. The largest absolute Gasteiger partial charge is 0.466 e. The summed E-state index contributed by atoms with van der Waals surface area (Å²) >= 11 is 0. The molecule has 0 heterocycles. The molecule has 2 aliphatic rings.